The third-order valence-electron chi connectivity index (χ3n) is 3.87. The number of nitrogens with one attached hydrogen (secondary N) is 4. The van der Waals surface area contributed by atoms with E-state index < -0.39 is 0 Å². The Balaban J connectivity index is 1.69. The summed E-state index contributed by atoms with van der Waals surface area (Å²) in [5, 5.41) is 14.0. The van der Waals surface area contributed by atoms with Gasteiger partial charge in [0.15, 0.2) is 0 Å². The molecule has 1 atom stereocenters. The first kappa shape index (κ1) is 17.9. The molecule has 4 heteroatoms. The van der Waals surface area contributed by atoms with Gasteiger partial charge in [-0.05, 0) is 90.8 Å². The van der Waals surface area contributed by atoms with E-state index in [9.17, 15) is 0 Å². The van der Waals surface area contributed by atoms with Gasteiger partial charge >= 0.3 is 0 Å². The normalized spacial score (nSPS) is 16.5. The van der Waals surface area contributed by atoms with Crippen LogP contribution in [0.5, 0.6) is 0 Å². The van der Waals surface area contributed by atoms with E-state index in [1.807, 2.05) is 0 Å². The quantitative estimate of drug-likeness (QED) is 0.343. The Kier molecular flexibility index (Phi) is 11.2. The van der Waals surface area contributed by atoms with E-state index in [2.05, 4.69) is 35.1 Å². The fourth-order valence-corrected chi connectivity index (χ4v) is 2.21. The van der Waals surface area contributed by atoms with Gasteiger partial charge < -0.3 is 21.3 Å². The Morgan fingerprint density at radius 3 is 2.10 bits per heavy atom. The molecule has 4 nitrogen and oxygen atoms in total. The molecular formula is C16H36N4. The minimum absolute atomic E-state index is 0.660. The molecule has 0 saturated heterocycles. The van der Waals surface area contributed by atoms with E-state index in [0.717, 1.165) is 45.2 Å². The summed E-state index contributed by atoms with van der Waals surface area (Å²) in [4.78, 5) is 0. The largest absolute Gasteiger partial charge is 0.317 e. The van der Waals surface area contributed by atoms with Crippen LogP contribution >= 0.6 is 0 Å². The molecule has 1 saturated carbocycles. The predicted octanol–water partition coefficient (Wildman–Crippen LogP) is 1.33. The fraction of sp³-hybridized carbons (Fsp3) is 1.00. The zero-order valence-corrected chi connectivity index (χ0v) is 13.6. The first-order valence-corrected chi connectivity index (χ1v) is 8.68. The van der Waals surface area contributed by atoms with Crippen molar-refractivity contribution in [3.05, 3.63) is 0 Å². The van der Waals surface area contributed by atoms with Crippen molar-refractivity contribution in [2.24, 2.45) is 5.92 Å². The van der Waals surface area contributed by atoms with Crippen LogP contribution in [0.3, 0.4) is 0 Å². The van der Waals surface area contributed by atoms with Crippen molar-refractivity contribution in [1.29, 1.82) is 0 Å². The second-order valence-corrected chi connectivity index (χ2v) is 6.10. The second kappa shape index (κ2) is 12.6. The van der Waals surface area contributed by atoms with E-state index in [1.165, 1.54) is 38.6 Å². The van der Waals surface area contributed by atoms with Crippen LogP contribution in [0.4, 0.5) is 0 Å². The van der Waals surface area contributed by atoms with Crippen molar-refractivity contribution in [3.8, 4) is 0 Å². The van der Waals surface area contributed by atoms with Gasteiger partial charge in [-0.3, -0.25) is 0 Å². The molecule has 4 N–H and O–H groups in total. The lowest BCUT2D eigenvalue weighted by molar-refractivity contribution is 0.477. The van der Waals surface area contributed by atoms with Crippen LogP contribution in [0.15, 0.2) is 0 Å². The molecule has 0 amide bonds. The minimum atomic E-state index is 0.660. The summed E-state index contributed by atoms with van der Waals surface area (Å²) in [6.07, 6.45) is 6.58. The van der Waals surface area contributed by atoms with Gasteiger partial charge in [-0.2, -0.15) is 0 Å². The molecule has 0 spiro atoms. The second-order valence-electron chi connectivity index (χ2n) is 6.10. The number of rotatable bonds is 15. The third kappa shape index (κ3) is 11.6. The SMILES string of the molecule is CCNCCCNCCCNCCC(C)NCC1CC1. The summed E-state index contributed by atoms with van der Waals surface area (Å²) in [7, 11) is 0. The van der Waals surface area contributed by atoms with Crippen LogP contribution in [0.25, 0.3) is 0 Å². The molecule has 1 aliphatic carbocycles. The molecule has 0 aliphatic heterocycles. The average Bonchev–Trinajstić information content (AvgIpc) is 3.27. The highest BCUT2D eigenvalue weighted by Crippen LogP contribution is 2.27. The van der Waals surface area contributed by atoms with Crippen molar-refractivity contribution >= 4 is 0 Å². The van der Waals surface area contributed by atoms with Crippen LogP contribution in [0, 0.1) is 5.92 Å². The molecule has 1 fully saturated rings. The highest BCUT2D eigenvalue weighted by Gasteiger charge is 2.20. The summed E-state index contributed by atoms with van der Waals surface area (Å²) in [5.41, 5.74) is 0. The lowest BCUT2D eigenvalue weighted by Gasteiger charge is -2.14. The molecule has 0 heterocycles. The monoisotopic (exact) mass is 284 g/mol. The fourth-order valence-electron chi connectivity index (χ4n) is 2.21. The molecule has 1 unspecified atom stereocenters. The molecule has 120 valence electrons. The molecule has 0 radical (unpaired) electrons. The van der Waals surface area contributed by atoms with Gasteiger partial charge in [0.05, 0.1) is 0 Å². The predicted molar refractivity (Wildman–Crippen MR) is 88.3 cm³/mol. The number of hydrogen-bond donors (Lipinski definition) is 4. The molecule has 20 heavy (non-hydrogen) atoms. The minimum Gasteiger partial charge on any atom is -0.317 e. The van der Waals surface area contributed by atoms with Crippen molar-refractivity contribution in [2.75, 3.05) is 45.8 Å². The topological polar surface area (TPSA) is 48.1 Å². The van der Waals surface area contributed by atoms with Gasteiger partial charge in [0.2, 0.25) is 0 Å². The summed E-state index contributed by atoms with van der Waals surface area (Å²) in [5.74, 6) is 0.990. The standard InChI is InChI=1S/C16H36N4/c1-3-17-9-4-10-18-11-5-12-19-13-8-15(2)20-14-16-6-7-16/h15-20H,3-14H2,1-2H3. The highest BCUT2D eigenvalue weighted by molar-refractivity contribution is 4.77. The van der Waals surface area contributed by atoms with E-state index >= 15 is 0 Å². The maximum absolute atomic E-state index is 3.62. The molecule has 0 aromatic heterocycles. The Hall–Kier alpha value is -0.160. The Morgan fingerprint density at radius 1 is 0.900 bits per heavy atom. The zero-order valence-electron chi connectivity index (χ0n) is 13.6. The van der Waals surface area contributed by atoms with Gasteiger partial charge in [0.25, 0.3) is 0 Å². The highest BCUT2D eigenvalue weighted by atomic mass is 14.9. The lowest BCUT2D eigenvalue weighted by atomic mass is 10.2. The van der Waals surface area contributed by atoms with Crippen molar-refractivity contribution < 1.29 is 0 Å². The van der Waals surface area contributed by atoms with Crippen LogP contribution < -0.4 is 21.3 Å². The summed E-state index contributed by atoms with van der Waals surface area (Å²) >= 11 is 0. The van der Waals surface area contributed by atoms with Gasteiger partial charge in [-0.15, -0.1) is 0 Å². The summed E-state index contributed by atoms with van der Waals surface area (Å²) in [6, 6.07) is 0.660. The van der Waals surface area contributed by atoms with Gasteiger partial charge in [0.1, 0.15) is 0 Å². The van der Waals surface area contributed by atoms with Crippen molar-refractivity contribution in [1.82, 2.24) is 21.3 Å². The Morgan fingerprint density at radius 2 is 1.50 bits per heavy atom. The van der Waals surface area contributed by atoms with Crippen LogP contribution in [-0.2, 0) is 0 Å². The van der Waals surface area contributed by atoms with E-state index in [4.69, 9.17) is 0 Å². The number of hydrogen-bond acceptors (Lipinski definition) is 4. The maximum Gasteiger partial charge on any atom is 0.00509 e. The molecule has 1 aliphatic rings. The summed E-state index contributed by atoms with van der Waals surface area (Å²) < 4.78 is 0. The molecule has 0 aromatic rings. The average molecular weight is 284 g/mol. The van der Waals surface area contributed by atoms with E-state index in [1.54, 1.807) is 0 Å². The maximum atomic E-state index is 3.62. The molecule has 0 bridgehead atoms. The Labute approximate surface area is 125 Å². The van der Waals surface area contributed by atoms with E-state index in [-0.39, 0.29) is 0 Å². The molecule has 0 aromatic carbocycles. The van der Waals surface area contributed by atoms with Crippen molar-refractivity contribution in [2.45, 2.75) is 52.0 Å². The first-order chi connectivity index (χ1) is 9.83. The smallest absolute Gasteiger partial charge is 0.00509 e. The first-order valence-electron chi connectivity index (χ1n) is 8.68. The van der Waals surface area contributed by atoms with Gasteiger partial charge in [-0.25, -0.2) is 0 Å². The van der Waals surface area contributed by atoms with Crippen LogP contribution in [-0.4, -0.2) is 51.9 Å². The van der Waals surface area contributed by atoms with Gasteiger partial charge in [0, 0.05) is 6.04 Å². The van der Waals surface area contributed by atoms with Crippen molar-refractivity contribution in [3.63, 3.8) is 0 Å². The molecular weight excluding hydrogens is 248 g/mol. The zero-order chi connectivity index (χ0) is 14.5. The molecule has 1 rings (SSSR count). The third-order valence-corrected chi connectivity index (χ3v) is 3.87. The van der Waals surface area contributed by atoms with Crippen LogP contribution in [0.2, 0.25) is 0 Å². The van der Waals surface area contributed by atoms with Gasteiger partial charge in [-0.1, -0.05) is 6.92 Å². The lowest BCUT2D eigenvalue weighted by Crippen LogP contribution is -2.32. The van der Waals surface area contributed by atoms with Crippen LogP contribution in [0.1, 0.15) is 46.0 Å². The Bertz CT molecular complexity index is 207. The summed E-state index contributed by atoms with van der Waals surface area (Å²) in [6.45, 7) is 12.4. The van der Waals surface area contributed by atoms with E-state index in [0.29, 0.717) is 6.04 Å².